The zero-order valence-electron chi connectivity index (χ0n) is 15.1. The molecule has 0 aromatic heterocycles. The molecule has 0 saturated heterocycles. The van der Waals surface area contributed by atoms with Crippen molar-refractivity contribution in [3.8, 4) is 0 Å². The van der Waals surface area contributed by atoms with E-state index in [0.29, 0.717) is 6.42 Å². The van der Waals surface area contributed by atoms with Gasteiger partial charge < -0.3 is 0 Å². The van der Waals surface area contributed by atoms with Crippen LogP contribution in [0.1, 0.15) is 16.7 Å². The third-order valence-corrected chi connectivity index (χ3v) is 7.13. The van der Waals surface area contributed by atoms with Crippen LogP contribution in [-0.4, -0.2) is 41.0 Å². The van der Waals surface area contributed by atoms with Crippen LogP contribution in [0.4, 0.5) is 0 Å². The maximum Gasteiger partial charge on any atom is 0.242 e. The second kappa shape index (κ2) is 8.30. The third kappa shape index (κ3) is 5.63. The van der Waals surface area contributed by atoms with Crippen molar-refractivity contribution < 1.29 is 16.8 Å². The molecule has 26 heavy (non-hydrogen) atoms. The minimum absolute atomic E-state index is 0.0569. The Morgan fingerprint density at radius 3 is 1.92 bits per heavy atom. The van der Waals surface area contributed by atoms with Crippen molar-refractivity contribution in [1.29, 1.82) is 0 Å². The molecule has 0 spiro atoms. The number of benzene rings is 2. The lowest BCUT2D eigenvalue weighted by Gasteiger charge is -2.12. The monoisotopic (exact) mass is 396 g/mol. The van der Waals surface area contributed by atoms with Crippen LogP contribution in [0.5, 0.6) is 0 Å². The van der Waals surface area contributed by atoms with E-state index in [2.05, 4.69) is 4.72 Å². The molecule has 0 atom stereocenters. The summed E-state index contributed by atoms with van der Waals surface area (Å²) in [6.45, 7) is 2.23. The molecule has 8 heteroatoms. The number of hydrogen-bond donors (Lipinski definition) is 1. The normalized spacial score (nSPS) is 12.5. The van der Waals surface area contributed by atoms with Crippen LogP contribution in [0, 0.1) is 6.92 Å². The largest absolute Gasteiger partial charge is 0.242 e. The van der Waals surface area contributed by atoms with Gasteiger partial charge in [-0.1, -0.05) is 42.0 Å². The van der Waals surface area contributed by atoms with E-state index in [1.807, 2.05) is 31.2 Å². The molecule has 2 aromatic rings. The summed E-state index contributed by atoms with van der Waals surface area (Å²) in [5, 5.41) is 0. The second-order valence-corrected chi connectivity index (χ2v) is 10.4. The van der Waals surface area contributed by atoms with E-state index in [1.54, 1.807) is 12.1 Å². The molecule has 0 aliphatic carbocycles. The standard InChI is InChI=1S/C18H24N2O4S2/c1-15-4-6-17(7-5-15)14-19-25(21,22)13-12-16-8-10-18(11-9-16)26(23,24)20(2)3/h4-11,19H,12-14H2,1-3H3. The van der Waals surface area contributed by atoms with Crippen molar-refractivity contribution in [3.05, 3.63) is 65.2 Å². The Balaban J connectivity index is 1.93. The highest BCUT2D eigenvalue weighted by molar-refractivity contribution is 7.89. The fraction of sp³-hybridized carbons (Fsp3) is 0.333. The fourth-order valence-corrected chi connectivity index (χ4v) is 4.20. The summed E-state index contributed by atoms with van der Waals surface area (Å²) in [4.78, 5) is 0.187. The van der Waals surface area contributed by atoms with E-state index >= 15 is 0 Å². The number of nitrogens with zero attached hydrogens (tertiary/aromatic N) is 1. The molecule has 1 N–H and O–H groups in total. The predicted octanol–water partition coefficient (Wildman–Crippen LogP) is 1.91. The molecule has 0 bridgehead atoms. The first kappa shape index (κ1) is 20.6. The molecule has 0 aliphatic rings. The first-order chi connectivity index (χ1) is 12.1. The third-order valence-electron chi connectivity index (χ3n) is 3.98. The molecule has 2 aromatic carbocycles. The first-order valence-corrected chi connectivity index (χ1v) is 11.2. The lowest BCUT2D eigenvalue weighted by molar-refractivity contribution is 0.520. The second-order valence-electron chi connectivity index (χ2n) is 6.31. The van der Waals surface area contributed by atoms with E-state index < -0.39 is 20.0 Å². The van der Waals surface area contributed by atoms with Crippen LogP contribution in [-0.2, 0) is 33.0 Å². The van der Waals surface area contributed by atoms with Gasteiger partial charge in [0.05, 0.1) is 10.6 Å². The van der Waals surface area contributed by atoms with E-state index in [1.165, 1.54) is 26.2 Å². The Kier molecular flexibility index (Phi) is 6.57. The van der Waals surface area contributed by atoms with Gasteiger partial charge >= 0.3 is 0 Å². The molecule has 0 heterocycles. The Labute approximate surface area is 156 Å². The maximum absolute atomic E-state index is 12.1. The lowest BCUT2D eigenvalue weighted by Crippen LogP contribution is -2.26. The molecular weight excluding hydrogens is 372 g/mol. The van der Waals surface area contributed by atoms with Gasteiger partial charge in [0, 0.05) is 20.6 Å². The van der Waals surface area contributed by atoms with Gasteiger partial charge in [0.25, 0.3) is 0 Å². The predicted molar refractivity (Wildman–Crippen MR) is 103 cm³/mol. The highest BCUT2D eigenvalue weighted by Gasteiger charge is 2.17. The SMILES string of the molecule is Cc1ccc(CNS(=O)(=O)CCc2ccc(S(=O)(=O)N(C)C)cc2)cc1. The number of nitrogens with one attached hydrogen (secondary N) is 1. The zero-order valence-corrected chi connectivity index (χ0v) is 16.8. The van der Waals surface area contributed by atoms with Crippen molar-refractivity contribution in [1.82, 2.24) is 9.03 Å². The summed E-state index contributed by atoms with van der Waals surface area (Å²) in [5.41, 5.74) is 2.79. The number of hydrogen-bond acceptors (Lipinski definition) is 4. The summed E-state index contributed by atoms with van der Waals surface area (Å²) < 4.78 is 52.1. The fourth-order valence-electron chi connectivity index (χ4n) is 2.26. The Bertz CT molecular complexity index is 934. The van der Waals surface area contributed by atoms with Crippen molar-refractivity contribution in [2.75, 3.05) is 19.8 Å². The van der Waals surface area contributed by atoms with Crippen LogP contribution >= 0.6 is 0 Å². The Hall–Kier alpha value is -1.74. The topological polar surface area (TPSA) is 83.5 Å². The van der Waals surface area contributed by atoms with Crippen LogP contribution in [0.3, 0.4) is 0 Å². The zero-order chi connectivity index (χ0) is 19.4. The molecule has 142 valence electrons. The average molecular weight is 397 g/mol. The van der Waals surface area contributed by atoms with Crippen molar-refractivity contribution in [3.63, 3.8) is 0 Å². The van der Waals surface area contributed by atoms with Crippen molar-refractivity contribution in [2.45, 2.75) is 24.8 Å². The Morgan fingerprint density at radius 1 is 0.846 bits per heavy atom. The molecule has 0 fully saturated rings. The minimum Gasteiger partial charge on any atom is -0.212 e. The van der Waals surface area contributed by atoms with Crippen LogP contribution in [0.2, 0.25) is 0 Å². The van der Waals surface area contributed by atoms with Crippen LogP contribution in [0.25, 0.3) is 0 Å². The van der Waals surface area contributed by atoms with Gasteiger partial charge in [-0.25, -0.2) is 25.9 Å². The van der Waals surface area contributed by atoms with Gasteiger partial charge in [-0.2, -0.15) is 0 Å². The van der Waals surface area contributed by atoms with Crippen molar-refractivity contribution in [2.24, 2.45) is 0 Å². The average Bonchev–Trinajstić information content (AvgIpc) is 2.60. The van der Waals surface area contributed by atoms with Gasteiger partial charge in [-0.3, -0.25) is 0 Å². The van der Waals surface area contributed by atoms with E-state index in [9.17, 15) is 16.8 Å². The highest BCUT2D eigenvalue weighted by Crippen LogP contribution is 2.14. The van der Waals surface area contributed by atoms with E-state index in [0.717, 1.165) is 21.0 Å². The smallest absolute Gasteiger partial charge is 0.212 e. The molecule has 2 rings (SSSR count). The molecular formula is C18H24N2O4S2. The van der Waals surface area contributed by atoms with Gasteiger partial charge in [-0.05, 0) is 36.6 Å². The van der Waals surface area contributed by atoms with Gasteiger partial charge in [0.15, 0.2) is 0 Å². The summed E-state index contributed by atoms with van der Waals surface area (Å²) >= 11 is 0. The molecule has 0 aliphatic heterocycles. The Morgan fingerprint density at radius 2 is 1.38 bits per heavy atom. The van der Waals surface area contributed by atoms with Gasteiger partial charge in [0.1, 0.15) is 0 Å². The summed E-state index contributed by atoms with van der Waals surface area (Å²) in [5.74, 6) is -0.0569. The summed E-state index contributed by atoms with van der Waals surface area (Å²) in [7, 11) is -3.96. The van der Waals surface area contributed by atoms with Crippen molar-refractivity contribution >= 4 is 20.0 Å². The molecule has 0 radical (unpaired) electrons. The summed E-state index contributed by atoms with van der Waals surface area (Å²) in [6, 6.07) is 13.9. The molecule has 0 amide bonds. The molecule has 6 nitrogen and oxygen atoms in total. The minimum atomic E-state index is -3.48. The first-order valence-electron chi connectivity index (χ1n) is 8.14. The number of aryl methyl sites for hydroxylation is 2. The maximum atomic E-state index is 12.1. The van der Waals surface area contributed by atoms with Gasteiger partial charge in [0.2, 0.25) is 20.0 Å². The molecule has 0 unspecified atom stereocenters. The van der Waals surface area contributed by atoms with Crippen LogP contribution < -0.4 is 4.72 Å². The van der Waals surface area contributed by atoms with E-state index in [-0.39, 0.29) is 17.2 Å². The highest BCUT2D eigenvalue weighted by atomic mass is 32.2. The quantitative estimate of drug-likeness (QED) is 0.739. The van der Waals surface area contributed by atoms with Gasteiger partial charge in [-0.15, -0.1) is 0 Å². The van der Waals surface area contributed by atoms with Crippen LogP contribution in [0.15, 0.2) is 53.4 Å². The summed E-state index contributed by atoms with van der Waals surface area (Å²) in [6.07, 6.45) is 0.311. The molecule has 0 saturated carbocycles. The lowest BCUT2D eigenvalue weighted by atomic mass is 10.2. The van der Waals surface area contributed by atoms with E-state index in [4.69, 9.17) is 0 Å². The number of sulfonamides is 2. The number of rotatable bonds is 8.